The molecule has 1 rings (SSSR count). The highest BCUT2D eigenvalue weighted by molar-refractivity contribution is 5.89. The number of aromatic nitrogens is 1. The second-order valence-electron chi connectivity index (χ2n) is 3.02. The normalized spacial score (nSPS) is 11.1. The molecule has 5 nitrogen and oxygen atoms in total. The average Bonchev–Trinajstić information content (AvgIpc) is 2.19. The molecule has 0 spiro atoms. The number of hydrogen-bond donors (Lipinski definition) is 1. The molecule has 0 aliphatic rings. The first-order valence-electron chi connectivity index (χ1n) is 4.29. The minimum atomic E-state index is -5.01. The van der Waals surface area contributed by atoms with Gasteiger partial charge in [0.15, 0.2) is 11.4 Å². The highest BCUT2D eigenvalue weighted by atomic mass is 19.4. The van der Waals surface area contributed by atoms with E-state index in [1.54, 1.807) is 0 Å². The van der Waals surface area contributed by atoms with Crippen LogP contribution in [0.25, 0.3) is 0 Å². The molecule has 0 unspecified atom stereocenters. The number of aryl methyl sites for hydroxylation is 1. The van der Waals surface area contributed by atoms with Crippen LogP contribution in [-0.4, -0.2) is 29.5 Å². The predicted octanol–water partition coefficient (Wildman–Crippen LogP) is 1.78. The number of alkyl halides is 3. The fraction of sp³-hybridized carbons (Fsp3) is 0.333. The van der Waals surface area contributed by atoms with Crippen LogP contribution in [0.2, 0.25) is 0 Å². The highest BCUT2D eigenvalue weighted by Gasteiger charge is 2.33. The fourth-order valence-electron chi connectivity index (χ4n) is 1.07. The second kappa shape index (κ2) is 4.48. The van der Waals surface area contributed by atoms with Gasteiger partial charge in [0.1, 0.15) is 0 Å². The van der Waals surface area contributed by atoms with E-state index in [4.69, 9.17) is 0 Å². The van der Waals surface area contributed by atoms with Gasteiger partial charge in [-0.2, -0.15) is 0 Å². The molecule has 1 aromatic rings. The number of rotatable bonds is 2. The highest BCUT2D eigenvalue weighted by Crippen LogP contribution is 2.30. The van der Waals surface area contributed by atoms with Crippen LogP contribution in [0.4, 0.5) is 13.2 Å². The molecule has 1 heterocycles. The lowest BCUT2D eigenvalue weighted by Crippen LogP contribution is -2.19. The van der Waals surface area contributed by atoms with Gasteiger partial charge in [0, 0.05) is 0 Å². The van der Waals surface area contributed by atoms with E-state index in [2.05, 4.69) is 14.5 Å². The third-order valence-corrected chi connectivity index (χ3v) is 1.75. The first-order valence-corrected chi connectivity index (χ1v) is 4.29. The number of ether oxygens (including phenoxy) is 2. The quantitative estimate of drug-likeness (QED) is 0.811. The molecule has 0 aliphatic carbocycles. The van der Waals surface area contributed by atoms with Crippen molar-refractivity contribution in [1.82, 2.24) is 4.98 Å². The van der Waals surface area contributed by atoms with Gasteiger partial charge in [-0.05, 0) is 18.6 Å². The van der Waals surface area contributed by atoms with Gasteiger partial charge < -0.3 is 14.6 Å². The number of esters is 1. The van der Waals surface area contributed by atoms with E-state index in [0.29, 0.717) is 0 Å². The van der Waals surface area contributed by atoms with Crippen LogP contribution >= 0.6 is 0 Å². The lowest BCUT2D eigenvalue weighted by molar-refractivity contribution is -0.276. The molecule has 0 bridgehead atoms. The third kappa shape index (κ3) is 3.23. The zero-order chi connectivity index (χ0) is 13.2. The second-order valence-corrected chi connectivity index (χ2v) is 3.02. The Labute approximate surface area is 93.8 Å². The van der Waals surface area contributed by atoms with Crippen molar-refractivity contribution in [3.8, 4) is 11.6 Å². The van der Waals surface area contributed by atoms with Crippen molar-refractivity contribution in [2.45, 2.75) is 13.3 Å². The van der Waals surface area contributed by atoms with Gasteiger partial charge in [-0.25, -0.2) is 9.78 Å². The Kier molecular flexibility index (Phi) is 3.45. The van der Waals surface area contributed by atoms with Gasteiger partial charge in [-0.1, -0.05) is 0 Å². The van der Waals surface area contributed by atoms with E-state index in [0.717, 1.165) is 13.2 Å². The smallest absolute Gasteiger partial charge is 0.503 e. The molecule has 0 radical (unpaired) electrons. The number of methoxy groups -OCH3 is 1. The molecule has 0 saturated carbocycles. The fourth-order valence-corrected chi connectivity index (χ4v) is 1.07. The molecule has 0 amide bonds. The van der Waals surface area contributed by atoms with Gasteiger partial charge in [0.05, 0.1) is 7.11 Å². The van der Waals surface area contributed by atoms with Gasteiger partial charge in [0.25, 0.3) is 5.88 Å². The van der Waals surface area contributed by atoms with E-state index in [1.165, 1.54) is 6.92 Å². The van der Waals surface area contributed by atoms with Crippen molar-refractivity contribution in [2.75, 3.05) is 7.11 Å². The van der Waals surface area contributed by atoms with Crippen LogP contribution in [0.1, 0.15) is 16.1 Å². The summed E-state index contributed by atoms with van der Waals surface area (Å²) in [4.78, 5) is 14.4. The topological polar surface area (TPSA) is 68.7 Å². The SMILES string of the molecule is COC(=O)c1nc(OC(F)(F)F)c(O)cc1C. The van der Waals surface area contributed by atoms with Crippen LogP contribution in [0.15, 0.2) is 6.07 Å². The summed E-state index contributed by atoms with van der Waals surface area (Å²) in [6, 6.07) is 0.931. The first kappa shape index (κ1) is 13.1. The molecular weight excluding hydrogens is 243 g/mol. The summed E-state index contributed by atoms with van der Waals surface area (Å²) in [5.74, 6) is -2.83. The molecule has 1 N–H and O–H groups in total. The summed E-state index contributed by atoms with van der Waals surface area (Å²) in [7, 11) is 1.06. The molecule has 0 fully saturated rings. The molecular formula is C9H8F3NO4. The molecule has 0 atom stereocenters. The largest absolute Gasteiger partial charge is 0.574 e. The van der Waals surface area contributed by atoms with Crippen molar-refractivity contribution < 1.29 is 32.5 Å². The number of aromatic hydroxyl groups is 1. The maximum atomic E-state index is 11.9. The molecule has 94 valence electrons. The van der Waals surface area contributed by atoms with Gasteiger partial charge >= 0.3 is 12.3 Å². The minimum absolute atomic E-state index is 0.170. The monoisotopic (exact) mass is 251 g/mol. The molecule has 0 aromatic carbocycles. The lowest BCUT2D eigenvalue weighted by Gasteiger charge is -2.11. The minimum Gasteiger partial charge on any atom is -0.503 e. The number of halogens is 3. The number of carbonyl (C=O) groups excluding carboxylic acids is 1. The summed E-state index contributed by atoms with van der Waals surface area (Å²) < 4.78 is 43.6. The summed E-state index contributed by atoms with van der Waals surface area (Å²) in [5.41, 5.74) is -0.187. The van der Waals surface area contributed by atoms with Crippen molar-refractivity contribution in [3.63, 3.8) is 0 Å². The van der Waals surface area contributed by atoms with Crippen molar-refractivity contribution in [3.05, 3.63) is 17.3 Å². The molecule has 0 saturated heterocycles. The van der Waals surface area contributed by atoms with Crippen LogP contribution in [0.5, 0.6) is 11.6 Å². The number of hydrogen-bond acceptors (Lipinski definition) is 5. The third-order valence-electron chi connectivity index (χ3n) is 1.75. The lowest BCUT2D eigenvalue weighted by atomic mass is 10.2. The Morgan fingerprint density at radius 1 is 1.47 bits per heavy atom. The summed E-state index contributed by atoms with van der Waals surface area (Å²) in [6.07, 6.45) is -5.01. The molecule has 0 aliphatic heterocycles. The Balaban J connectivity index is 3.19. The van der Waals surface area contributed by atoms with Crippen LogP contribution < -0.4 is 4.74 Å². The van der Waals surface area contributed by atoms with Gasteiger partial charge in [-0.3, -0.25) is 0 Å². The molecule has 1 aromatic heterocycles. The Hall–Kier alpha value is -1.99. The summed E-state index contributed by atoms with van der Waals surface area (Å²) >= 11 is 0. The van der Waals surface area contributed by atoms with Crippen molar-refractivity contribution >= 4 is 5.97 Å². The van der Waals surface area contributed by atoms with E-state index >= 15 is 0 Å². The summed E-state index contributed by atoms with van der Waals surface area (Å²) in [5, 5.41) is 9.19. The van der Waals surface area contributed by atoms with Crippen molar-refractivity contribution in [2.24, 2.45) is 0 Å². The van der Waals surface area contributed by atoms with Crippen LogP contribution in [0, 0.1) is 6.92 Å². The zero-order valence-electron chi connectivity index (χ0n) is 8.83. The Morgan fingerprint density at radius 3 is 2.53 bits per heavy atom. The first-order chi connectivity index (χ1) is 7.74. The zero-order valence-corrected chi connectivity index (χ0v) is 8.83. The Morgan fingerprint density at radius 2 is 2.06 bits per heavy atom. The van der Waals surface area contributed by atoms with E-state index in [9.17, 15) is 23.1 Å². The standard InChI is InChI=1S/C9H8F3NO4/c1-4-3-5(14)7(17-9(10,11)12)13-6(4)8(15)16-2/h3,14H,1-2H3. The van der Waals surface area contributed by atoms with Gasteiger partial charge in [0.2, 0.25) is 0 Å². The average molecular weight is 251 g/mol. The van der Waals surface area contributed by atoms with Crippen LogP contribution in [-0.2, 0) is 4.74 Å². The van der Waals surface area contributed by atoms with E-state index in [1.807, 2.05) is 0 Å². The molecule has 8 heteroatoms. The molecule has 17 heavy (non-hydrogen) atoms. The van der Waals surface area contributed by atoms with E-state index < -0.39 is 24.0 Å². The number of pyridine rings is 1. The van der Waals surface area contributed by atoms with Gasteiger partial charge in [-0.15, -0.1) is 13.2 Å². The number of carbonyl (C=O) groups is 1. The summed E-state index contributed by atoms with van der Waals surface area (Å²) in [6.45, 7) is 1.39. The Bertz CT molecular complexity index is 445. The van der Waals surface area contributed by atoms with E-state index in [-0.39, 0.29) is 11.3 Å². The predicted molar refractivity (Wildman–Crippen MR) is 48.7 cm³/mol. The van der Waals surface area contributed by atoms with Crippen LogP contribution in [0.3, 0.4) is 0 Å². The number of nitrogens with zero attached hydrogens (tertiary/aromatic N) is 1. The maximum absolute atomic E-state index is 11.9. The maximum Gasteiger partial charge on any atom is 0.574 e. The van der Waals surface area contributed by atoms with Crippen molar-refractivity contribution in [1.29, 1.82) is 0 Å².